The van der Waals surface area contributed by atoms with Crippen molar-refractivity contribution in [1.82, 2.24) is 4.90 Å². The van der Waals surface area contributed by atoms with E-state index in [0.29, 0.717) is 18.7 Å². The Balaban J connectivity index is 1.82. The SMILES string of the molecule is COc1ccc([N+](=O)[O-])cc1NS(=O)(=O)c1ccc(C(=O)N2CC(C)OC(C)(C)C2)cc1. The van der Waals surface area contributed by atoms with Crippen molar-refractivity contribution in [1.29, 1.82) is 0 Å². The summed E-state index contributed by atoms with van der Waals surface area (Å²) in [6.45, 7) is 6.57. The molecule has 1 atom stereocenters. The number of amides is 1. The number of benzene rings is 2. The number of rotatable bonds is 6. The summed E-state index contributed by atoms with van der Waals surface area (Å²) in [6.07, 6.45) is -0.114. The summed E-state index contributed by atoms with van der Waals surface area (Å²) in [6, 6.07) is 9.11. The zero-order valence-corrected chi connectivity index (χ0v) is 19.0. The van der Waals surface area contributed by atoms with Crippen LogP contribution in [0.4, 0.5) is 11.4 Å². The zero-order valence-electron chi connectivity index (χ0n) is 18.2. The normalized spacial score (nSPS) is 18.1. The van der Waals surface area contributed by atoms with E-state index in [4.69, 9.17) is 9.47 Å². The Hall–Kier alpha value is -3.18. The first-order valence-corrected chi connectivity index (χ1v) is 11.3. The van der Waals surface area contributed by atoms with Crippen LogP contribution in [0.3, 0.4) is 0 Å². The standard InChI is InChI=1S/C21H25N3O7S/c1-14-12-23(13-21(2,3)31-14)20(25)15-5-8-17(9-6-15)32(28,29)22-18-11-16(24(26)27)7-10-19(18)30-4/h5-11,14,22H,12-13H2,1-4H3. The predicted octanol–water partition coefficient (Wildman–Crippen LogP) is 3.04. The van der Waals surface area contributed by atoms with Gasteiger partial charge in [-0.1, -0.05) is 0 Å². The van der Waals surface area contributed by atoms with Crippen LogP contribution in [0.1, 0.15) is 31.1 Å². The van der Waals surface area contributed by atoms with Crippen molar-refractivity contribution in [3.63, 3.8) is 0 Å². The van der Waals surface area contributed by atoms with Gasteiger partial charge in [-0.25, -0.2) is 8.42 Å². The number of anilines is 1. The summed E-state index contributed by atoms with van der Waals surface area (Å²) in [5.41, 5.74) is -0.474. The third-order valence-corrected chi connectivity index (χ3v) is 6.29. The predicted molar refractivity (Wildman–Crippen MR) is 117 cm³/mol. The largest absolute Gasteiger partial charge is 0.495 e. The van der Waals surface area contributed by atoms with Crippen molar-refractivity contribution >= 4 is 27.3 Å². The van der Waals surface area contributed by atoms with Gasteiger partial charge in [-0.15, -0.1) is 0 Å². The minimum atomic E-state index is -4.08. The molecule has 1 heterocycles. The summed E-state index contributed by atoms with van der Waals surface area (Å²) in [4.78, 5) is 24.9. The number of nitrogens with one attached hydrogen (secondary N) is 1. The van der Waals surface area contributed by atoms with Gasteiger partial charge in [0.25, 0.3) is 21.6 Å². The minimum absolute atomic E-state index is 0.0635. The second-order valence-corrected chi connectivity index (χ2v) is 9.83. The highest BCUT2D eigenvalue weighted by molar-refractivity contribution is 7.92. The lowest BCUT2D eigenvalue weighted by Crippen LogP contribution is -2.53. The van der Waals surface area contributed by atoms with Crippen LogP contribution in [0.5, 0.6) is 5.75 Å². The lowest BCUT2D eigenvalue weighted by molar-refractivity contribution is -0.384. The summed E-state index contributed by atoms with van der Waals surface area (Å²) in [5.74, 6) is -0.0829. The maximum Gasteiger partial charge on any atom is 0.271 e. The van der Waals surface area contributed by atoms with Gasteiger partial charge in [0.15, 0.2) is 0 Å². The number of nitro benzene ring substituents is 1. The molecule has 32 heavy (non-hydrogen) atoms. The molecule has 10 nitrogen and oxygen atoms in total. The Morgan fingerprint density at radius 1 is 1.25 bits per heavy atom. The molecule has 3 rings (SSSR count). The van der Waals surface area contributed by atoms with Crippen LogP contribution in [-0.2, 0) is 14.8 Å². The summed E-state index contributed by atoms with van der Waals surface area (Å²) in [5, 5.41) is 11.0. The van der Waals surface area contributed by atoms with Crippen molar-refractivity contribution in [3.05, 3.63) is 58.1 Å². The van der Waals surface area contributed by atoms with Crippen LogP contribution in [0.15, 0.2) is 47.4 Å². The van der Waals surface area contributed by atoms with Gasteiger partial charge in [-0.2, -0.15) is 0 Å². The molecule has 1 aliphatic heterocycles. The van der Waals surface area contributed by atoms with Crippen molar-refractivity contribution in [2.24, 2.45) is 0 Å². The number of carbonyl (C=O) groups is 1. The van der Waals surface area contributed by atoms with Crippen LogP contribution >= 0.6 is 0 Å². The Bertz CT molecular complexity index is 1130. The highest BCUT2D eigenvalue weighted by Crippen LogP contribution is 2.31. The van der Waals surface area contributed by atoms with E-state index in [1.165, 1.54) is 43.5 Å². The Morgan fingerprint density at radius 2 is 1.91 bits per heavy atom. The fourth-order valence-electron chi connectivity index (χ4n) is 3.66. The first kappa shape index (κ1) is 23.5. The maximum absolute atomic E-state index is 12.9. The van der Waals surface area contributed by atoms with E-state index in [1.807, 2.05) is 20.8 Å². The fraction of sp³-hybridized carbons (Fsp3) is 0.381. The molecule has 172 valence electrons. The van der Waals surface area contributed by atoms with E-state index >= 15 is 0 Å². The number of morpholine rings is 1. The van der Waals surface area contributed by atoms with Gasteiger partial charge < -0.3 is 14.4 Å². The summed E-state index contributed by atoms with van der Waals surface area (Å²) in [7, 11) is -2.75. The van der Waals surface area contributed by atoms with Crippen LogP contribution in [0.25, 0.3) is 0 Å². The fourth-order valence-corrected chi connectivity index (χ4v) is 4.72. The highest BCUT2D eigenvalue weighted by Gasteiger charge is 2.34. The number of hydrogen-bond donors (Lipinski definition) is 1. The Labute approximate surface area is 186 Å². The third-order valence-electron chi connectivity index (χ3n) is 4.91. The van der Waals surface area contributed by atoms with E-state index < -0.39 is 20.5 Å². The maximum atomic E-state index is 12.9. The second kappa shape index (κ2) is 8.75. The molecular weight excluding hydrogens is 438 g/mol. The molecule has 1 amide bonds. The molecule has 11 heteroatoms. The molecule has 0 radical (unpaired) electrons. The molecular formula is C21H25N3O7S. The number of ether oxygens (including phenoxy) is 2. The molecule has 0 aromatic heterocycles. The van der Waals surface area contributed by atoms with Gasteiger partial charge in [0.2, 0.25) is 0 Å². The first-order chi connectivity index (χ1) is 14.9. The topological polar surface area (TPSA) is 128 Å². The zero-order chi connectivity index (χ0) is 23.7. The number of sulfonamides is 1. The molecule has 1 aliphatic rings. The molecule has 2 aromatic rings. The Kier molecular flexibility index (Phi) is 6.42. The van der Waals surface area contributed by atoms with Gasteiger partial charge in [0.1, 0.15) is 5.75 Å². The second-order valence-electron chi connectivity index (χ2n) is 8.15. The van der Waals surface area contributed by atoms with Crippen molar-refractivity contribution in [2.75, 3.05) is 24.9 Å². The van der Waals surface area contributed by atoms with E-state index in [2.05, 4.69) is 4.72 Å². The summed E-state index contributed by atoms with van der Waals surface area (Å²) < 4.78 is 38.8. The lowest BCUT2D eigenvalue weighted by Gasteiger charge is -2.41. The lowest BCUT2D eigenvalue weighted by atomic mass is 10.0. The molecule has 0 saturated carbocycles. The monoisotopic (exact) mass is 463 g/mol. The number of hydrogen-bond acceptors (Lipinski definition) is 7. The summed E-state index contributed by atoms with van der Waals surface area (Å²) >= 11 is 0. The van der Waals surface area contributed by atoms with E-state index in [-0.39, 0.29) is 34.0 Å². The van der Waals surface area contributed by atoms with Crippen molar-refractivity contribution in [3.8, 4) is 5.75 Å². The molecule has 1 fully saturated rings. The average molecular weight is 464 g/mol. The van der Waals surface area contributed by atoms with E-state index in [1.54, 1.807) is 4.90 Å². The quantitative estimate of drug-likeness (QED) is 0.515. The number of carbonyl (C=O) groups excluding carboxylic acids is 1. The molecule has 0 bridgehead atoms. The van der Waals surface area contributed by atoms with Crippen LogP contribution < -0.4 is 9.46 Å². The molecule has 0 aliphatic carbocycles. The highest BCUT2D eigenvalue weighted by atomic mass is 32.2. The van der Waals surface area contributed by atoms with Gasteiger partial charge in [0.05, 0.1) is 34.3 Å². The number of non-ortho nitro benzene ring substituents is 1. The number of nitrogens with zero attached hydrogens (tertiary/aromatic N) is 2. The van der Waals surface area contributed by atoms with Gasteiger partial charge in [0, 0.05) is 30.8 Å². The van der Waals surface area contributed by atoms with Gasteiger partial charge in [-0.3, -0.25) is 19.6 Å². The molecule has 2 aromatic carbocycles. The van der Waals surface area contributed by atoms with Crippen LogP contribution in [0, 0.1) is 10.1 Å². The molecule has 1 saturated heterocycles. The molecule has 1 N–H and O–H groups in total. The van der Waals surface area contributed by atoms with E-state index in [0.717, 1.165) is 6.07 Å². The number of methoxy groups -OCH3 is 1. The smallest absolute Gasteiger partial charge is 0.271 e. The van der Waals surface area contributed by atoms with Crippen molar-refractivity contribution < 1.29 is 27.6 Å². The van der Waals surface area contributed by atoms with Crippen LogP contribution in [0.2, 0.25) is 0 Å². The molecule has 1 unspecified atom stereocenters. The first-order valence-electron chi connectivity index (χ1n) is 9.84. The third kappa shape index (κ3) is 5.17. The van der Waals surface area contributed by atoms with Crippen LogP contribution in [-0.4, -0.2) is 56.1 Å². The number of nitro groups is 1. The molecule has 0 spiro atoms. The Morgan fingerprint density at radius 3 is 2.47 bits per heavy atom. The van der Waals surface area contributed by atoms with E-state index in [9.17, 15) is 23.3 Å². The average Bonchev–Trinajstić information content (AvgIpc) is 2.71. The van der Waals surface area contributed by atoms with Crippen molar-refractivity contribution in [2.45, 2.75) is 37.4 Å². The van der Waals surface area contributed by atoms with Gasteiger partial charge in [-0.05, 0) is 51.1 Å². The minimum Gasteiger partial charge on any atom is -0.495 e. The van der Waals surface area contributed by atoms with Gasteiger partial charge >= 0.3 is 0 Å².